The van der Waals surface area contributed by atoms with Crippen LogP contribution in [0.2, 0.25) is 10.0 Å². The first-order valence-electron chi connectivity index (χ1n) is 14.4. The minimum Gasteiger partial charge on any atom is -0.493 e. The number of aromatic hydroxyl groups is 2. The molecule has 3 aromatic carbocycles. The minimum atomic E-state index is -1.57. The van der Waals surface area contributed by atoms with E-state index in [2.05, 4.69) is 51.0 Å². The van der Waals surface area contributed by atoms with Crippen molar-refractivity contribution in [1.82, 2.24) is 19.1 Å². The highest BCUT2D eigenvalue weighted by Crippen LogP contribution is 2.42. The van der Waals surface area contributed by atoms with E-state index >= 15 is 0 Å². The van der Waals surface area contributed by atoms with Gasteiger partial charge >= 0.3 is 12.1 Å². The Bertz CT molecular complexity index is 2330. The number of ketones is 1. The number of anilines is 2. The number of aromatic nitrogens is 4. The van der Waals surface area contributed by atoms with E-state index in [9.17, 15) is 24.6 Å². The van der Waals surface area contributed by atoms with Crippen LogP contribution in [0.25, 0.3) is 0 Å². The van der Waals surface area contributed by atoms with E-state index < -0.39 is 35.5 Å². The third kappa shape index (κ3) is 6.09. The van der Waals surface area contributed by atoms with Crippen molar-refractivity contribution in [3.8, 4) is 11.8 Å². The molecule has 0 spiro atoms. The van der Waals surface area contributed by atoms with Gasteiger partial charge < -0.3 is 20.8 Å². The van der Waals surface area contributed by atoms with Gasteiger partial charge in [0.1, 0.15) is 17.4 Å². The summed E-state index contributed by atoms with van der Waals surface area (Å²) in [5, 5.41) is 43.9. The number of amides is 4. The number of carbonyl (C=O) groups is 3. The number of hydrogen-bond acceptors (Lipinski definition) is 9. The highest BCUT2D eigenvalue weighted by atomic mass is 35.5. The number of benzene rings is 3. The Morgan fingerprint density at radius 1 is 0.720 bits per heavy atom. The van der Waals surface area contributed by atoms with Crippen LogP contribution in [0.1, 0.15) is 33.4 Å². The number of urea groups is 2. The molecule has 4 N–H and O–H groups in total. The van der Waals surface area contributed by atoms with E-state index in [0.717, 1.165) is 14.7 Å². The number of nitrogens with one attached hydrogen (secondary N) is 2. The molecule has 1 unspecified atom stereocenters. The molecule has 0 saturated carbocycles. The molecule has 7 rings (SSSR count). The summed E-state index contributed by atoms with van der Waals surface area (Å²) < 4.78 is 2.05. The number of nitrogens with zero attached hydrogens (tertiary/aromatic N) is 10. The number of carbonyl (C=O) groups excluding carboxylic acids is 3. The number of Topliss-reactive ketones (excluding diaryl/α,β-unsaturated/α-hetero) is 1. The van der Waals surface area contributed by atoms with Gasteiger partial charge in [0, 0.05) is 27.0 Å². The lowest BCUT2D eigenvalue weighted by Gasteiger charge is -2.15. The van der Waals surface area contributed by atoms with Crippen molar-refractivity contribution >= 4 is 76.1 Å². The van der Waals surface area contributed by atoms with Crippen molar-refractivity contribution in [2.45, 2.75) is 12.8 Å². The highest BCUT2D eigenvalue weighted by Gasteiger charge is 2.40. The number of fused-ring (bicyclic) bond motifs is 2. The molecular formula is C31H20Cl2N12O5. The van der Waals surface area contributed by atoms with Crippen LogP contribution in [-0.4, -0.2) is 59.1 Å². The van der Waals surface area contributed by atoms with Crippen molar-refractivity contribution in [3.63, 3.8) is 0 Å². The quantitative estimate of drug-likeness (QED) is 0.132. The van der Waals surface area contributed by atoms with Crippen molar-refractivity contribution in [1.29, 1.82) is 0 Å². The van der Waals surface area contributed by atoms with Crippen LogP contribution in [0.15, 0.2) is 103 Å². The van der Waals surface area contributed by atoms with E-state index in [-0.39, 0.29) is 40.8 Å². The van der Waals surface area contributed by atoms with E-state index in [1.165, 1.54) is 0 Å². The van der Waals surface area contributed by atoms with Crippen LogP contribution in [0.5, 0.6) is 11.8 Å². The second kappa shape index (κ2) is 12.8. The van der Waals surface area contributed by atoms with Gasteiger partial charge in [0.25, 0.3) is 23.7 Å². The van der Waals surface area contributed by atoms with Gasteiger partial charge in [0.15, 0.2) is 5.78 Å². The molecule has 2 aromatic heterocycles. The molecular weight excluding hydrogens is 691 g/mol. The van der Waals surface area contributed by atoms with E-state index in [4.69, 9.17) is 23.2 Å². The predicted octanol–water partition coefficient (Wildman–Crippen LogP) is 7.19. The van der Waals surface area contributed by atoms with Gasteiger partial charge in [0.2, 0.25) is 11.7 Å². The largest absolute Gasteiger partial charge is 0.493 e. The SMILES string of the molecule is Cc1ccc(C(=O)C(c2nc3n(c2O)/C(=N/C(=O)Nc2ccc(Cl)cc2)N=N3)c2nc(O)c3n2/C(=N/C(=O)Nc2ccc(Cl)cc2)N=N3)cc1. The molecule has 5 aromatic rings. The third-order valence-corrected chi connectivity index (χ3v) is 7.81. The molecule has 4 amide bonds. The third-order valence-electron chi connectivity index (χ3n) is 7.31. The van der Waals surface area contributed by atoms with Crippen LogP contribution in [0.4, 0.5) is 32.7 Å². The molecule has 1 atom stereocenters. The molecule has 50 heavy (non-hydrogen) atoms. The molecule has 4 heterocycles. The molecule has 0 fully saturated rings. The minimum absolute atomic E-state index is 0.189. The fourth-order valence-corrected chi connectivity index (χ4v) is 5.23. The van der Waals surface area contributed by atoms with E-state index in [1.807, 2.05) is 6.92 Å². The molecule has 248 valence electrons. The summed E-state index contributed by atoms with van der Waals surface area (Å²) in [7, 11) is 0. The summed E-state index contributed by atoms with van der Waals surface area (Å²) in [4.78, 5) is 56.3. The van der Waals surface area contributed by atoms with Gasteiger partial charge in [-0.15, -0.1) is 20.5 Å². The normalized spacial score (nSPS) is 14.9. The van der Waals surface area contributed by atoms with Gasteiger partial charge in [0.05, 0.1) is 0 Å². The zero-order valence-corrected chi connectivity index (χ0v) is 26.9. The Hall–Kier alpha value is -6.59. The Balaban J connectivity index is 1.29. The monoisotopic (exact) mass is 710 g/mol. The first-order valence-corrected chi connectivity index (χ1v) is 15.2. The molecule has 0 saturated heterocycles. The highest BCUT2D eigenvalue weighted by molar-refractivity contribution is 6.31. The molecule has 2 aliphatic heterocycles. The second-order valence-corrected chi connectivity index (χ2v) is 11.5. The van der Waals surface area contributed by atoms with Crippen LogP contribution in [0.3, 0.4) is 0 Å². The molecule has 2 aliphatic rings. The van der Waals surface area contributed by atoms with Gasteiger partial charge in [-0.25, -0.2) is 23.7 Å². The molecule has 0 aliphatic carbocycles. The van der Waals surface area contributed by atoms with Gasteiger partial charge in [-0.2, -0.15) is 15.0 Å². The predicted molar refractivity (Wildman–Crippen MR) is 181 cm³/mol. The lowest BCUT2D eigenvalue weighted by atomic mass is 9.93. The smallest absolute Gasteiger partial charge is 0.348 e. The van der Waals surface area contributed by atoms with Crippen molar-refractivity contribution in [3.05, 3.63) is 105 Å². The maximum Gasteiger partial charge on any atom is 0.348 e. The van der Waals surface area contributed by atoms with E-state index in [1.54, 1.807) is 72.8 Å². The average Bonchev–Trinajstić information content (AvgIpc) is 3.84. The number of hydrogen-bond donors (Lipinski definition) is 4. The van der Waals surface area contributed by atoms with Crippen molar-refractivity contribution < 1.29 is 24.6 Å². The number of aryl methyl sites for hydroxylation is 1. The lowest BCUT2D eigenvalue weighted by Crippen LogP contribution is -2.23. The first kappa shape index (κ1) is 32.0. The lowest BCUT2D eigenvalue weighted by molar-refractivity contribution is 0.0968. The summed E-state index contributed by atoms with van der Waals surface area (Å²) in [6, 6.07) is 17.4. The average molecular weight is 711 g/mol. The summed E-state index contributed by atoms with van der Waals surface area (Å²) in [6.07, 6.45) is 0. The van der Waals surface area contributed by atoms with E-state index in [0.29, 0.717) is 21.4 Å². The van der Waals surface area contributed by atoms with Gasteiger partial charge in [-0.3, -0.25) is 4.79 Å². The maximum absolute atomic E-state index is 14.3. The standard InChI is InChI=1S/C31H20Cl2N12O5/c1-14-2-4-15(5-3-14)22(46)20(21-26(48)45-27(36-21)42-43-29(45)39-31(50)35-19-12-8-17(33)9-13-19)23-37-25(47)24-40-41-28(44(23)24)38-30(49)34-18-10-6-16(32)7-11-18/h2-13,20,47-48H,1H3,(H,34,49)(H,35,50)/b38-28+,39-29+. The number of aliphatic imine (C=N–C) groups is 2. The maximum atomic E-state index is 14.3. The number of rotatable bonds is 6. The Labute approximate surface area is 290 Å². The number of halogens is 2. The molecule has 17 nitrogen and oxygen atoms in total. The fourth-order valence-electron chi connectivity index (χ4n) is 4.97. The number of azo groups is 2. The summed E-state index contributed by atoms with van der Waals surface area (Å²) >= 11 is 11.8. The molecule has 0 radical (unpaired) electrons. The second-order valence-electron chi connectivity index (χ2n) is 10.7. The van der Waals surface area contributed by atoms with Crippen LogP contribution < -0.4 is 10.6 Å². The van der Waals surface area contributed by atoms with Crippen LogP contribution in [0, 0.1) is 6.92 Å². The van der Waals surface area contributed by atoms with Crippen molar-refractivity contribution in [2.24, 2.45) is 30.4 Å². The zero-order chi connectivity index (χ0) is 35.1. The van der Waals surface area contributed by atoms with Gasteiger partial charge in [-0.1, -0.05) is 53.0 Å². The summed E-state index contributed by atoms with van der Waals surface area (Å²) in [6.45, 7) is 1.84. The van der Waals surface area contributed by atoms with Crippen LogP contribution >= 0.6 is 23.2 Å². The number of imidazole rings is 2. The zero-order valence-electron chi connectivity index (χ0n) is 25.4. The fraction of sp³-hybridized carbons (Fsp3) is 0.0645. The van der Waals surface area contributed by atoms with Crippen molar-refractivity contribution in [2.75, 3.05) is 10.6 Å². The Morgan fingerprint density at radius 3 is 1.84 bits per heavy atom. The summed E-state index contributed by atoms with van der Waals surface area (Å²) in [5.41, 5.74) is 1.54. The topological polar surface area (TPSA) is 226 Å². The molecule has 0 bridgehead atoms. The Morgan fingerprint density at radius 2 is 1.26 bits per heavy atom. The molecule has 19 heteroatoms. The summed E-state index contributed by atoms with van der Waals surface area (Å²) in [5.74, 6) is -4.87. The Kier molecular flexibility index (Phi) is 8.18. The first-order chi connectivity index (χ1) is 24.0. The van der Waals surface area contributed by atoms with Crippen LogP contribution in [-0.2, 0) is 0 Å². The van der Waals surface area contributed by atoms with Gasteiger partial charge in [-0.05, 0) is 55.5 Å².